The summed E-state index contributed by atoms with van der Waals surface area (Å²) in [7, 11) is 3.01. The van der Waals surface area contributed by atoms with E-state index in [1.807, 2.05) is 0 Å². The molecule has 1 N–H and O–H groups in total. The monoisotopic (exact) mass is 327 g/mol. The second-order valence-corrected chi connectivity index (χ2v) is 5.58. The Bertz CT molecular complexity index is 577. The number of nitrogens with zero attached hydrogens (tertiary/aromatic N) is 1. The van der Waals surface area contributed by atoms with Crippen LogP contribution in [0.5, 0.6) is 5.75 Å². The topological polar surface area (TPSA) is 76.1 Å². The molecule has 1 saturated heterocycles. The number of methoxy groups -OCH3 is 2. The molecule has 0 bridgehead atoms. The van der Waals surface area contributed by atoms with Crippen molar-refractivity contribution in [2.75, 3.05) is 20.8 Å². The molecule has 2 unspecified atom stereocenters. The predicted molar refractivity (Wildman–Crippen MR) is 80.5 cm³/mol. The Morgan fingerprint density at radius 3 is 2.73 bits per heavy atom. The molecule has 0 aliphatic carbocycles. The first kappa shape index (κ1) is 16.6. The SMILES string of the molecule is COc1cc(Cl)ccc1C(=O)N1CC(OC)CC1CC(=O)O. The minimum atomic E-state index is -0.942. The minimum Gasteiger partial charge on any atom is -0.496 e. The van der Waals surface area contributed by atoms with Crippen molar-refractivity contribution in [3.05, 3.63) is 28.8 Å². The molecule has 1 aromatic rings. The van der Waals surface area contributed by atoms with Crippen LogP contribution in [0, 0.1) is 0 Å². The van der Waals surface area contributed by atoms with E-state index in [4.69, 9.17) is 26.2 Å². The summed E-state index contributed by atoms with van der Waals surface area (Å²) < 4.78 is 10.5. The average Bonchev–Trinajstić information content (AvgIpc) is 2.88. The van der Waals surface area contributed by atoms with E-state index in [2.05, 4.69) is 0 Å². The van der Waals surface area contributed by atoms with E-state index in [9.17, 15) is 9.59 Å². The van der Waals surface area contributed by atoms with Gasteiger partial charge in [0.1, 0.15) is 5.75 Å². The summed E-state index contributed by atoms with van der Waals surface area (Å²) in [5.41, 5.74) is 0.360. The van der Waals surface area contributed by atoms with E-state index in [1.54, 1.807) is 25.3 Å². The van der Waals surface area contributed by atoms with Crippen LogP contribution >= 0.6 is 11.6 Å². The summed E-state index contributed by atoms with van der Waals surface area (Å²) in [6.45, 7) is 0.360. The van der Waals surface area contributed by atoms with Crippen molar-refractivity contribution in [1.82, 2.24) is 4.90 Å². The van der Waals surface area contributed by atoms with E-state index in [1.165, 1.54) is 12.0 Å². The standard InChI is InChI=1S/C15H18ClNO5/c1-21-11-6-10(7-14(18)19)17(8-11)15(20)12-4-3-9(16)5-13(12)22-2/h3-5,10-11H,6-8H2,1-2H3,(H,18,19). The number of carboxylic acids is 1. The molecule has 0 aromatic heterocycles. The van der Waals surface area contributed by atoms with E-state index in [0.29, 0.717) is 29.3 Å². The lowest BCUT2D eigenvalue weighted by Crippen LogP contribution is -2.37. The highest BCUT2D eigenvalue weighted by Crippen LogP contribution is 2.29. The highest BCUT2D eigenvalue weighted by Gasteiger charge is 2.37. The first-order valence-corrected chi connectivity index (χ1v) is 7.23. The van der Waals surface area contributed by atoms with Crippen molar-refractivity contribution in [3.8, 4) is 5.75 Å². The lowest BCUT2D eigenvalue weighted by Gasteiger charge is -2.24. The Morgan fingerprint density at radius 2 is 2.14 bits per heavy atom. The Morgan fingerprint density at radius 1 is 1.41 bits per heavy atom. The van der Waals surface area contributed by atoms with Crippen molar-refractivity contribution >= 4 is 23.5 Å². The maximum absolute atomic E-state index is 12.7. The molecule has 0 radical (unpaired) electrons. The van der Waals surface area contributed by atoms with Gasteiger partial charge in [-0.25, -0.2) is 0 Å². The van der Waals surface area contributed by atoms with Crippen LogP contribution in [0.2, 0.25) is 5.02 Å². The van der Waals surface area contributed by atoms with Crippen LogP contribution in [0.4, 0.5) is 0 Å². The van der Waals surface area contributed by atoms with Crippen LogP contribution in [0.25, 0.3) is 0 Å². The lowest BCUT2D eigenvalue weighted by atomic mass is 10.1. The van der Waals surface area contributed by atoms with Gasteiger partial charge in [-0.1, -0.05) is 11.6 Å². The summed E-state index contributed by atoms with van der Waals surface area (Å²) >= 11 is 5.90. The number of carbonyl (C=O) groups excluding carboxylic acids is 1. The van der Waals surface area contributed by atoms with Crippen LogP contribution < -0.4 is 4.74 Å². The molecule has 0 saturated carbocycles. The molecule has 1 heterocycles. The maximum atomic E-state index is 12.7. The van der Waals surface area contributed by atoms with Crippen molar-refractivity contribution in [2.45, 2.75) is 25.0 Å². The summed E-state index contributed by atoms with van der Waals surface area (Å²) in [5, 5.41) is 9.48. The van der Waals surface area contributed by atoms with Crippen LogP contribution in [-0.4, -0.2) is 54.8 Å². The van der Waals surface area contributed by atoms with Gasteiger partial charge in [0.15, 0.2) is 0 Å². The molecule has 0 spiro atoms. The van der Waals surface area contributed by atoms with Gasteiger partial charge >= 0.3 is 5.97 Å². The van der Waals surface area contributed by atoms with E-state index in [-0.39, 0.29) is 18.4 Å². The fraction of sp³-hybridized carbons (Fsp3) is 0.467. The fourth-order valence-electron chi connectivity index (χ4n) is 2.68. The first-order chi connectivity index (χ1) is 10.5. The molecule has 1 aliphatic rings. The summed E-state index contributed by atoms with van der Waals surface area (Å²) in [6.07, 6.45) is 0.234. The Kier molecular flexibility index (Phi) is 5.26. The molecular weight excluding hydrogens is 310 g/mol. The minimum absolute atomic E-state index is 0.110. The van der Waals surface area contributed by atoms with Crippen molar-refractivity contribution < 1.29 is 24.2 Å². The molecule has 7 heteroatoms. The number of carboxylic acid groups (broad SMARTS) is 1. The Balaban J connectivity index is 2.28. The summed E-state index contributed by atoms with van der Waals surface area (Å²) in [6, 6.07) is 4.36. The quantitative estimate of drug-likeness (QED) is 0.895. The zero-order chi connectivity index (χ0) is 16.3. The number of carbonyl (C=O) groups is 2. The van der Waals surface area contributed by atoms with Crippen molar-refractivity contribution in [2.24, 2.45) is 0 Å². The third-order valence-electron chi connectivity index (χ3n) is 3.77. The number of rotatable bonds is 5. The van der Waals surface area contributed by atoms with Gasteiger partial charge in [-0.05, 0) is 24.6 Å². The van der Waals surface area contributed by atoms with Gasteiger partial charge in [0, 0.05) is 24.7 Å². The number of ether oxygens (including phenoxy) is 2. The maximum Gasteiger partial charge on any atom is 0.305 e. The number of hydrogen-bond acceptors (Lipinski definition) is 4. The average molecular weight is 328 g/mol. The molecule has 2 rings (SSSR count). The fourth-order valence-corrected chi connectivity index (χ4v) is 2.85. The van der Waals surface area contributed by atoms with Gasteiger partial charge in [-0.3, -0.25) is 9.59 Å². The van der Waals surface area contributed by atoms with E-state index in [0.717, 1.165) is 0 Å². The third kappa shape index (κ3) is 3.51. The smallest absolute Gasteiger partial charge is 0.305 e. The second kappa shape index (κ2) is 6.98. The molecule has 120 valence electrons. The van der Waals surface area contributed by atoms with E-state index >= 15 is 0 Å². The molecule has 22 heavy (non-hydrogen) atoms. The highest BCUT2D eigenvalue weighted by molar-refractivity contribution is 6.30. The lowest BCUT2D eigenvalue weighted by molar-refractivity contribution is -0.137. The number of halogens is 1. The molecular formula is C15H18ClNO5. The number of amides is 1. The normalized spacial score (nSPS) is 21.0. The summed E-state index contributed by atoms with van der Waals surface area (Å²) in [5.74, 6) is -0.852. The van der Waals surface area contributed by atoms with Gasteiger partial charge in [0.25, 0.3) is 5.91 Å². The zero-order valence-corrected chi connectivity index (χ0v) is 13.2. The number of aliphatic carboxylic acids is 1. The number of hydrogen-bond donors (Lipinski definition) is 1. The van der Waals surface area contributed by atoms with Gasteiger partial charge in [-0.2, -0.15) is 0 Å². The molecule has 1 amide bonds. The van der Waals surface area contributed by atoms with Gasteiger partial charge < -0.3 is 19.5 Å². The molecule has 1 aromatic carbocycles. The van der Waals surface area contributed by atoms with Crippen LogP contribution in [-0.2, 0) is 9.53 Å². The Hall–Kier alpha value is -1.79. The van der Waals surface area contributed by atoms with Crippen molar-refractivity contribution in [1.29, 1.82) is 0 Å². The highest BCUT2D eigenvalue weighted by atomic mass is 35.5. The molecule has 1 fully saturated rings. The first-order valence-electron chi connectivity index (χ1n) is 6.85. The van der Waals surface area contributed by atoms with Crippen LogP contribution in [0.3, 0.4) is 0 Å². The van der Waals surface area contributed by atoms with Gasteiger partial charge in [0.2, 0.25) is 0 Å². The van der Waals surface area contributed by atoms with Crippen LogP contribution in [0.15, 0.2) is 18.2 Å². The molecule has 2 atom stereocenters. The largest absolute Gasteiger partial charge is 0.496 e. The molecule has 1 aliphatic heterocycles. The van der Waals surface area contributed by atoms with Crippen LogP contribution in [0.1, 0.15) is 23.2 Å². The van der Waals surface area contributed by atoms with Gasteiger partial charge in [-0.15, -0.1) is 0 Å². The number of benzene rings is 1. The van der Waals surface area contributed by atoms with Crippen molar-refractivity contribution in [3.63, 3.8) is 0 Å². The zero-order valence-electron chi connectivity index (χ0n) is 12.4. The second-order valence-electron chi connectivity index (χ2n) is 5.15. The summed E-state index contributed by atoms with van der Waals surface area (Å²) in [4.78, 5) is 25.3. The van der Waals surface area contributed by atoms with Gasteiger partial charge in [0.05, 0.1) is 25.2 Å². The Labute approximate surface area is 133 Å². The predicted octanol–water partition coefficient (Wildman–Crippen LogP) is 2.05. The number of likely N-dealkylation sites (tertiary alicyclic amines) is 1. The van der Waals surface area contributed by atoms with E-state index < -0.39 is 12.0 Å². The molecule has 6 nitrogen and oxygen atoms in total. The third-order valence-corrected chi connectivity index (χ3v) is 4.01.